The molecule has 0 spiro atoms. The van der Waals surface area contributed by atoms with E-state index in [1.54, 1.807) is 0 Å². The normalized spacial score (nSPS) is 15.4. The van der Waals surface area contributed by atoms with Crippen LogP contribution in [0.4, 0.5) is 11.5 Å². The van der Waals surface area contributed by atoms with Gasteiger partial charge in [-0.15, -0.1) is 5.10 Å². The Balaban J connectivity index is 1.58. The van der Waals surface area contributed by atoms with Gasteiger partial charge in [0.2, 0.25) is 5.91 Å². The van der Waals surface area contributed by atoms with Crippen molar-refractivity contribution in [2.75, 3.05) is 23.3 Å². The highest BCUT2D eigenvalue weighted by Gasteiger charge is 2.26. The summed E-state index contributed by atoms with van der Waals surface area (Å²) < 4.78 is 1.02. The van der Waals surface area contributed by atoms with Gasteiger partial charge in [0.05, 0.1) is 5.69 Å². The molecule has 1 amide bonds. The van der Waals surface area contributed by atoms with Gasteiger partial charge in [-0.25, -0.2) is 0 Å². The van der Waals surface area contributed by atoms with Gasteiger partial charge in [0.25, 0.3) is 0 Å². The van der Waals surface area contributed by atoms with Crippen LogP contribution in [0.25, 0.3) is 0 Å². The average Bonchev–Trinajstić information content (AvgIpc) is 2.58. The summed E-state index contributed by atoms with van der Waals surface area (Å²) in [6, 6.07) is 9.86. The standard InChI is InChI=1S/C18H21BrN4O/c1-12-11-15(19)4-5-16(12)20-18(24)14-7-9-23(10-8-14)17-6-3-13(2)21-22-17/h3-6,11,14H,7-10H2,1-2H3,(H,20,24). The molecule has 1 saturated heterocycles. The highest BCUT2D eigenvalue weighted by molar-refractivity contribution is 9.10. The second-order valence-corrected chi connectivity index (χ2v) is 7.16. The first-order valence-corrected chi connectivity index (χ1v) is 8.94. The molecule has 6 heteroatoms. The van der Waals surface area contributed by atoms with Crippen molar-refractivity contribution in [2.24, 2.45) is 5.92 Å². The lowest BCUT2D eigenvalue weighted by Crippen LogP contribution is -2.38. The predicted molar refractivity (Wildman–Crippen MR) is 99.2 cm³/mol. The fourth-order valence-corrected chi connectivity index (χ4v) is 3.41. The van der Waals surface area contributed by atoms with Gasteiger partial charge >= 0.3 is 0 Å². The molecule has 0 atom stereocenters. The van der Waals surface area contributed by atoms with Crippen molar-refractivity contribution in [1.29, 1.82) is 0 Å². The first kappa shape index (κ1) is 16.9. The van der Waals surface area contributed by atoms with Gasteiger partial charge in [0.15, 0.2) is 5.82 Å². The summed E-state index contributed by atoms with van der Waals surface area (Å²) in [6.45, 7) is 5.58. The van der Waals surface area contributed by atoms with E-state index in [9.17, 15) is 4.79 Å². The Morgan fingerprint density at radius 2 is 1.92 bits per heavy atom. The molecule has 5 nitrogen and oxygen atoms in total. The number of piperidine rings is 1. The largest absolute Gasteiger partial charge is 0.355 e. The molecule has 0 saturated carbocycles. The van der Waals surface area contributed by atoms with E-state index in [0.717, 1.165) is 53.2 Å². The molecule has 1 aliphatic heterocycles. The second-order valence-electron chi connectivity index (χ2n) is 6.24. The van der Waals surface area contributed by atoms with Gasteiger partial charge in [-0.2, -0.15) is 5.10 Å². The maximum Gasteiger partial charge on any atom is 0.227 e. The fraction of sp³-hybridized carbons (Fsp3) is 0.389. The third-order valence-corrected chi connectivity index (χ3v) is 4.91. The SMILES string of the molecule is Cc1ccc(N2CCC(C(=O)Nc3ccc(Br)cc3C)CC2)nn1. The minimum Gasteiger partial charge on any atom is -0.355 e. The van der Waals surface area contributed by atoms with Crippen molar-refractivity contribution in [3.05, 3.63) is 46.1 Å². The molecule has 1 fully saturated rings. The molecule has 1 aromatic carbocycles. The first-order valence-electron chi connectivity index (χ1n) is 8.15. The zero-order valence-corrected chi connectivity index (χ0v) is 15.5. The van der Waals surface area contributed by atoms with E-state index in [-0.39, 0.29) is 11.8 Å². The Morgan fingerprint density at radius 1 is 1.17 bits per heavy atom. The Hall–Kier alpha value is -1.95. The lowest BCUT2D eigenvalue weighted by Gasteiger charge is -2.31. The van der Waals surface area contributed by atoms with Crippen molar-refractivity contribution >= 4 is 33.3 Å². The van der Waals surface area contributed by atoms with Crippen molar-refractivity contribution in [3.63, 3.8) is 0 Å². The van der Waals surface area contributed by atoms with Crippen molar-refractivity contribution in [3.8, 4) is 0 Å². The molecule has 0 aliphatic carbocycles. The monoisotopic (exact) mass is 388 g/mol. The summed E-state index contributed by atoms with van der Waals surface area (Å²) in [4.78, 5) is 14.7. The van der Waals surface area contributed by atoms with Gasteiger partial charge in [-0.1, -0.05) is 15.9 Å². The van der Waals surface area contributed by atoms with Gasteiger partial charge in [-0.05, 0) is 62.6 Å². The van der Waals surface area contributed by atoms with Crippen molar-refractivity contribution in [1.82, 2.24) is 10.2 Å². The summed E-state index contributed by atoms with van der Waals surface area (Å²) in [5, 5.41) is 11.4. The molecule has 1 N–H and O–H groups in total. The number of hydrogen-bond acceptors (Lipinski definition) is 4. The molecule has 126 valence electrons. The van der Waals surface area contributed by atoms with Crippen LogP contribution in [0.2, 0.25) is 0 Å². The van der Waals surface area contributed by atoms with Crippen LogP contribution in [0.5, 0.6) is 0 Å². The molecule has 0 unspecified atom stereocenters. The van der Waals surface area contributed by atoms with E-state index in [1.165, 1.54) is 0 Å². The summed E-state index contributed by atoms with van der Waals surface area (Å²) in [5.41, 5.74) is 2.86. The molecular weight excluding hydrogens is 368 g/mol. The fourth-order valence-electron chi connectivity index (χ4n) is 2.93. The number of benzene rings is 1. The van der Waals surface area contributed by atoms with Gasteiger partial charge < -0.3 is 10.2 Å². The number of carbonyl (C=O) groups excluding carboxylic acids is 1. The Kier molecular flexibility index (Phi) is 5.14. The smallest absolute Gasteiger partial charge is 0.227 e. The van der Waals surface area contributed by atoms with Crippen LogP contribution in [-0.2, 0) is 4.79 Å². The first-order chi connectivity index (χ1) is 11.5. The average molecular weight is 389 g/mol. The lowest BCUT2D eigenvalue weighted by atomic mass is 9.95. The van der Waals surface area contributed by atoms with Crippen LogP contribution in [0.3, 0.4) is 0 Å². The van der Waals surface area contributed by atoms with Crippen LogP contribution < -0.4 is 10.2 Å². The number of halogens is 1. The van der Waals surface area contributed by atoms with E-state index < -0.39 is 0 Å². The number of aryl methyl sites for hydroxylation is 2. The van der Waals surface area contributed by atoms with E-state index in [4.69, 9.17) is 0 Å². The third kappa shape index (κ3) is 3.93. The van der Waals surface area contributed by atoms with Gasteiger partial charge in [0.1, 0.15) is 0 Å². The van der Waals surface area contributed by atoms with Crippen LogP contribution in [0, 0.1) is 19.8 Å². The predicted octanol–water partition coefficient (Wildman–Crippen LogP) is 3.71. The summed E-state index contributed by atoms with van der Waals surface area (Å²) >= 11 is 3.44. The summed E-state index contributed by atoms with van der Waals surface area (Å²) in [6.07, 6.45) is 1.66. The number of carbonyl (C=O) groups is 1. The Bertz CT molecular complexity index is 724. The van der Waals surface area contributed by atoms with E-state index in [0.29, 0.717) is 0 Å². The van der Waals surface area contributed by atoms with E-state index >= 15 is 0 Å². The lowest BCUT2D eigenvalue weighted by molar-refractivity contribution is -0.120. The number of amides is 1. The minimum absolute atomic E-state index is 0.0442. The van der Waals surface area contributed by atoms with Crippen LogP contribution >= 0.6 is 15.9 Å². The minimum atomic E-state index is 0.0442. The molecule has 24 heavy (non-hydrogen) atoms. The number of anilines is 2. The Labute approximate surface area is 150 Å². The number of rotatable bonds is 3. The van der Waals surface area contributed by atoms with Gasteiger partial charge in [0, 0.05) is 29.2 Å². The maximum absolute atomic E-state index is 12.5. The molecule has 1 aromatic heterocycles. The van der Waals surface area contributed by atoms with Crippen LogP contribution in [-0.4, -0.2) is 29.2 Å². The van der Waals surface area contributed by atoms with Crippen LogP contribution in [0.1, 0.15) is 24.1 Å². The van der Waals surface area contributed by atoms with Crippen molar-refractivity contribution < 1.29 is 4.79 Å². The number of nitrogens with zero attached hydrogens (tertiary/aromatic N) is 3. The zero-order valence-electron chi connectivity index (χ0n) is 13.9. The third-order valence-electron chi connectivity index (χ3n) is 4.42. The Morgan fingerprint density at radius 3 is 2.54 bits per heavy atom. The molecule has 3 rings (SSSR count). The topological polar surface area (TPSA) is 58.1 Å². The number of hydrogen-bond donors (Lipinski definition) is 1. The highest BCUT2D eigenvalue weighted by atomic mass is 79.9. The van der Waals surface area contributed by atoms with Crippen LogP contribution in [0.15, 0.2) is 34.8 Å². The molecule has 2 heterocycles. The molecule has 2 aromatic rings. The summed E-state index contributed by atoms with van der Waals surface area (Å²) in [7, 11) is 0. The van der Waals surface area contributed by atoms with Crippen molar-refractivity contribution in [2.45, 2.75) is 26.7 Å². The number of nitrogens with one attached hydrogen (secondary N) is 1. The van der Waals surface area contributed by atoms with Gasteiger partial charge in [-0.3, -0.25) is 4.79 Å². The van der Waals surface area contributed by atoms with E-state index in [1.807, 2.05) is 44.2 Å². The highest BCUT2D eigenvalue weighted by Crippen LogP contribution is 2.25. The number of aromatic nitrogens is 2. The molecular formula is C18H21BrN4O. The molecule has 0 radical (unpaired) electrons. The maximum atomic E-state index is 12.5. The molecule has 0 bridgehead atoms. The zero-order chi connectivity index (χ0) is 17.1. The summed E-state index contributed by atoms with van der Waals surface area (Å²) in [5.74, 6) is 1.04. The molecule has 1 aliphatic rings. The second kappa shape index (κ2) is 7.30. The quantitative estimate of drug-likeness (QED) is 0.870. The van der Waals surface area contributed by atoms with E-state index in [2.05, 4.69) is 36.3 Å².